The molecule has 132 valence electrons. The highest BCUT2D eigenvalue weighted by molar-refractivity contribution is 5.97. The Hall–Kier alpha value is -3.41. The lowest BCUT2D eigenvalue weighted by Gasteiger charge is -2.11. The van der Waals surface area contributed by atoms with E-state index in [1.165, 1.54) is 7.11 Å². The molecule has 2 N–H and O–H groups in total. The Labute approximate surface area is 151 Å². The van der Waals surface area contributed by atoms with Gasteiger partial charge in [0, 0.05) is 5.56 Å². The number of rotatable bonds is 5. The third-order valence-electron chi connectivity index (χ3n) is 3.87. The molecule has 26 heavy (non-hydrogen) atoms. The van der Waals surface area contributed by atoms with E-state index in [9.17, 15) is 4.79 Å². The van der Waals surface area contributed by atoms with E-state index in [0.717, 1.165) is 16.9 Å². The Morgan fingerprint density at radius 3 is 2.38 bits per heavy atom. The number of anilines is 1. The minimum absolute atomic E-state index is 0.106. The quantitative estimate of drug-likeness (QED) is 0.710. The van der Waals surface area contributed by atoms with Crippen molar-refractivity contribution in [2.24, 2.45) is 0 Å². The van der Waals surface area contributed by atoms with E-state index in [0.29, 0.717) is 23.6 Å². The van der Waals surface area contributed by atoms with Gasteiger partial charge in [0.2, 0.25) is 5.95 Å². The van der Waals surface area contributed by atoms with E-state index in [4.69, 9.17) is 15.2 Å². The van der Waals surface area contributed by atoms with Crippen LogP contribution in [0.1, 0.15) is 21.6 Å². The van der Waals surface area contributed by atoms with Gasteiger partial charge < -0.3 is 15.2 Å². The van der Waals surface area contributed by atoms with Gasteiger partial charge in [0.15, 0.2) is 0 Å². The highest BCUT2D eigenvalue weighted by Gasteiger charge is 2.20. The number of nitrogens with zero attached hydrogens (tertiary/aromatic N) is 2. The molecule has 0 bridgehead atoms. The van der Waals surface area contributed by atoms with Crippen molar-refractivity contribution in [3.8, 4) is 17.0 Å². The molecule has 3 aromatic rings. The van der Waals surface area contributed by atoms with Gasteiger partial charge in [0.1, 0.15) is 17.9 Å². The standard InChI is InChI=1S/C20H19N3O3/c1-13-17(19(24)25-2)18(23-20(21)22-13)15-8-10-16(11-9-15)26-12-14-6-4-3-5-7-14/h3-11H,12H2,1-2H3,(H2,21,22,23). The number of aromatic nitrogens is 2. The van der Waals surface area contributed by atoms with Gasteiger partial charge >= 0.3 is 5.97 Å². The maximum atomic E-state index is 12.1. The molecule has 0 saturated heterocycles. The highest BCUT2D eigenvalue weighted by Crippen LogP contribution is 2.27. The van der Waals surface area contributed by atoms with Crippen LogP contribution in [0.25, 0.3) is 11.3 Å². The fraction of sp³-hybridized carbons (Fsp3) is 0.150. The third-order valence-corrected chi connectivity index (χ3v) is 3.87. The Morgan fingerprint density at radius 2 is 1.73 bits per heavy atom. The van der Waals surface area contributed by atoms with Gasteiger partial charge in [-0.05, 0) is 36.8 Å². The zero-order valence-electron chi connectivity index (χ0n) is 14.6. The number of nitrogen functional groups attached to an aromatic ring is 1. The smallest absolute Gasteiger partial charge is 0.341 e. The average Bonchev–Trinajstić information content (AvgIpc) is 2.66. The van der Waals surface area contributed by atoms with Gasteiger partial charge in [-0.1, -0.05) is 30.3 Å². The molecule has 1 aromatic heterocycles. The summed E-state index contributed by atoms with van der Waals surface area (Å²) in [6.07, 6.45) is 0. The van der Waals surface area contributed by atoms with E-state index in [2.05, 4.69) is 9.97 Å². The monoisotopic (exact) mass is 349 g/mol. The molecule has 0 atom stereocenters. The second-order valence-electron chi connectivity index (χ2n) is 5.68. The first kappa shape index (κ1) is 17.4. The first-order valence-electron chi connectivity index (χ1n) is 8.08. The Kier molecular flexibility index (Phi) is 5.12. The van der Waals surface area contributed by atoms with Crippen molar-refractivity contribution < 1.29 is 14.3 Å². The Balaban J connectivity index is 1.85. The summed E-state index contributed by atoms with van der Waals surface area (Å²) < 4.78 is 10.6. The molecule has 6 nitrogen and oxygen atoms in total. The minimum Gasteiger partial charge on any atom is -0.489 e. The number of nitrogens with two attached hydrogens (primary N) is 1. The molecule has 0 aliphatic carbocycles. The lowest BCUT2D eigenvalue weighted by atomic mass is 10.0. The molecule has 6 heteroatoms. The molecule has 0 unspecified atom stereocenters. The first-order valence-corrected chi connectivity index (χ1v) is 8.08. The lowest BCUT2D eigenvalue weighted by Crippen LogP contribution is -2.11. The zero-order chi connectivity index (χ0) is 18.5. The topological polar surface area (TPSA) is 87.3 Å². The predicted molar refractivity (Wildman–Crippen MR) is 98.7 cm³/mol. The lowest BCUT2D eigenvalue weighted by molar-refractivity contribution is 0.0600. The summed E-state index contributed by atoms with van der Waals surface area (Å²) in [5.41, 5.74) is 8.79. The Bertz CT molecular complexity index is 910. The van der Waals surface area contributed by atoms with Crippen LogP contribution < -0.4 is 10.5 Å². The zero-order valence-corrected chi connectivity index (χ0v) is 14.6. The number of benzene rings is 2. The molecule has 0 aliphatic rings. The van der Waals surface area contributed by atoms with E-state index < -0.39 is 5.97 Å². The van der Waals surface area contributed by atoms with Crippen LogP contribution in [0.15, 0.2) is 54.6 Å². The van der Waals surface area contributed by atoms with E-state index in [-0.39, 0.29) is 5.95 Å². The number of ether oxygens (including phenoxy) is 2. The molecule has 3 rings (SSSR count). The van der Waals surface area contributed by atoms with Crippen LogP contribution in [0.4, 0.5) is 5.95 Å². The van der Waals surface area contributed by atoms with Gasteiger partial charge in [-0.3, -0.25) is 0 Å². The minimum atomic E-state index is -0.498. The van der Waals surface area contributed by atoms with Crippen molar-refractivity contribution in [3.05, 3.63) is 71.4 Å². The molecular formula is C20H19N3O3. The number of carbonyl (C=O) groups is 1. The highest BCUT2D eigenvalue weighted by atomic mass is 16.5. The summed E-state index contributed by atoms with van der Waals surface area (Å²) in [4.78, 5) is 20.4. The fourth-order valence-electron chi connectivity index (χ4n) is 2.60. The summed E-state index contributed by atoms with van der Waals surface area (Å²) in [6, 6.07) is 17.2. The van der Waals surface area contributed by atoms with E-state index >= 15 is 0 Å². The maximum Gasteiger partial charge on any atom is 0.341 e. The van der Waals surface area contributed by atoms with Gasteiger partial charge in [0.05, 0.1) is 18.5 Å². The first-order chi connectivity index (χ1) is 12.6. The average molecular weight is 349 g/mol. The number of aryl methyl sites for hydroxylation is 1. The van der Waals surface area contributed by atoms with Crippen molar-refractivity contribution in [1.29, 1.82) is 0 Å². The number of esters is 1. The van der Waals surface area contributed by atoms with Crippen molar-refractivity contribution in [3.63, 3.8) is 0 Å². The van der Waals surface area contributed by atoms with E-state index in [1.807, 2.05) is 54.6 Å². The van der Waals surface area contributed by atoms with Crippen LogP contribution >= 0.6 is 0 Å². The van der Waals surface area contributed by atoms with Crippen molar-refractivity contribution >= 4 is 11.9 Å². The van der Waals surface area contributed by atoms with Crippen molar-refractivity contribution in [2.45, 2.75) is 13.5 Å². The van der Waals surface area contributed by atoms with Crippen LogP contribution in [-0.4, -0.2) is 23.0 Å². The number of carbonyl (C=O) groups excluding carboxylic acids is 1. The number of hydrogen-bond donors (Lipinski definition) is 1. The fourth-order valence-corrected chi connectivity index (χ4v) is 2.60. The van der Waals surface area contributed by atoms with E-state index in [1.54, 1.807) is 6.92 Å². The number of methoxy groups -OCH3 is 1. The second-order valence-corrected chi connectivity index (χ2v) is 5.68. The van der Waals surface area contributed by atoms with Crippen LogP contribution in [0, 0.1) is 6.92 Å². The predicted octanol–water partition coefficient (Wildman–Crippen LogP) is 3.40. The summed E-state index contributed by atoms with van der Waals surface area (Å²) in [5, 5.41) is 0. The molecule has 1 heterocycles. The molecule has 0 amide bonds. The number of hydrogen-bond acceptors (Lipinski definition) is 6. The molecule has 2 aromatic carbocycles. The van der Waals surface area contributed by atoms with Gasteiger partial charge in [-0.25, -0.2) is 14.8 Å². The van der Waals surface area contributed by atoms with Gasteiger partial charge in [0.25, 0.3) is 0 Å². The summed E-state index contributed by atoms with van der Waals surface area (Å²) >= 11 is 0. The Morgan fingerprint density at radius 1 is 1.04 bits per heavy atom. The molecule has 0 spiro atoms. The SMILES string of the molecule is COC(=O)c1c(C)nc(N)nc1-c1ccc(OCc2ccccc2)cc1. The van der Waals surface area contributed by atoms with Crippen molar-refractivity contribution in [2.75, 3.05) is 12.8 Å². The normalized spacial score (nSPS) is 10.4. The molecule has 0 radical (unpaired) electrons. The van der Waals surface area contributed by atoms with Crippen LogP contribution in [0.2, 0.25) is 0 Å². The molecule has 0 aliphatic heterocycles. The van der Waals surface area contributed by atoms with Gasteiger partial charge in [-0.2, -0.15) is 0 Å². The van der Waals surface area contributed by atoms with Crippen molar-refractivity contribution in [1.82, 2.24) is 9.97 Å². The molecule has 0 fully saturated rings. The summed E-state index contributed by atoms with van der Waals surface area (Å²) in [7, 11) is 1.32. The largest absolute Gasteiger partial charge is 0.489 e. The van der Waals surface area contributed by atoms with Crippen LogP contribution in [0.3, 0.4) is 0 Å². The summed E-state index contributed by atoms with van der Waals surface area (Å²) in [6.45, 7) is 2.18. The maximum absolute atomic E-state index is 12.1. The second kappa shape index (κ2) is 7.65. The van der Waals surface area contributed by atoms with Crippen LogP contribution in [0.5, 0.6) is 5.75 Å². The molecule has 0 saturated carbocycles. The van der Waals surface area contributed by atoms with Crippen LogP contribution in [-0.2, 0) is 11.3 Å². The molecular weight excluding hydrogens is 330 g/mol. The summed E-state index contributed by atoms with van der Waals surface area (Å²) in [5.74, 6) is 0.326. The van der Waals surface area contributed by atoms with Gasteiger partial charge in [-0.15, -0.1) is 0 Å². The third kappa shape index (κ3) is 3.80.